The zero-order valence-corrected chi connectivity index (χ0v) is 12.7. The number of methoxy groups -OCH3 is 1. The van der Waals surface area contributed by atoms with Crippen LogP contribution in [0.5, 0.6) is 5.88 Å². The minimum atomic E-state index is 0.330. The van der Waals surface area contributed by atoms with Crippen LogP contribution in [0.2, 0.25) is 0 Å². The van der Waals surface area contributed by atoms with Gasteiger partial charge in [-0.2, -0.15) is 0 Å². The Hall–Kier alpha value is -2.69. The summed E-state index contributed by atoms with van der Waals surface area (Å²) in [5.41, 5.74) is 2.99. The van der Waals surface area contributed by atoms with E-state index in [-0.39, 0.29) is 0 Å². The summed E-state index contributed by atoms with van der Waals surface area (Å²) in [6, 6.07) is 3.81. The Morgan fingerprint density at radius 3 is 2.82 bits per heavy atom. The van der Waals surface area contributed by atoms with Crippen molar-refractivity contribution in [2.45, 2.75) is 19.8 Å². The minimum absolute atomic E-state index is 0.330. The van der Waals surface area contributed by atoms with E-state index in [1.165, 1.54) is 13.3 Å². The molecule has 112 valence electrons. The van der Waals surface area contributed by atoms with Crippen LogP contribution in [0.15, 0.2) is 35.1 Å². The van der Waals surface area contributed by atoms with E-state index in [0.29, 0.717) is 34.1 Å². The van der Waals surface area contributed by atoms with E-state index in [9.17, 15) is 4.79 Å². The Kier molecular flexibility index (Phi) is 3.63. The highest BCUT2D eigenvalue weighted by Gasteiger charge is 2.17. The lowest BCUT2D eigenvalue weighted by Gasteiger charge is -2.09. The third-order valence-corrected chi connectivity index (χ3v) is 3.62. The largest absolute Gasteiger partial charge is 0.478 e. The van der Waals surface area contributed by atoms with Crippen molar-refractivity contribution in [2.24, 2.45) is 0 Å². The molecule has 0 saturated carbocycles. The van der Waals surface area contributed by atoms with Crippen LogP contribution in [0.3, 0.4) is 0 Å². The molecule has 3 rings (SSSR count). The second-order valence-electron chi connectivity index (χ2n) is 5.31. The molecule has 0 N–H and O–H groups in total. The molecule has 0 fully saturated rings. The molecule has 0 aromatic carbocycles. The van der Waals surface area contributed by atoms with Crippen LogP contribution in [0.1, 0.15) is 35.7 Å². The molecule has 22 heavy (non-hydrogen) atoms. The molecule has 0 spiro atoms. The molecule has 5 heteroatoms. The van der Waals surface area contributed by atoms with E-state index in [2.05, 4.69) is 23.8 Å². The fourth-order valence-corrected chi connectivity index (χ4v) is 2.51. The van der Waals surface area contributed by atoms with Crippen LogP contribution < -0.4 is 4.74 Å². The van der Waals surface area contributed by atoms with Gasteiger partial charge in [-0.15, -0.1) is 0 Å². The van der Waals surface area contributed by atoms with Gasteiger partial charge in [0.2, 0.25) is 0 Å². The number of carbonyl (C=O) groups is 1. The zero-order valence-electron chi connectivity index (χ0n) is 12.7. The smallest absolute Gasteiger partial charge is 0.258 e. The number of carbonyl (C=O) groups excluding carboxylic acids is 1. The van der Waals surface area contributed by atoms with Crippen LogP contribution in [-0.2, 0) is 0 Å². The van der Waals surface area contributed by atoms with Crippen LogP contribution in [0.4, 0.5) is 0 Å². The summed E-state index contributed by atoms with van der Waals surface area (Å²) in [7, 11) is 1.52. The van der Waals surface area contributed by atoms with Gasteiger partial charge in [-0.1, -0.05) is 13.8 Å². The number of aromatic nitrogens is 2. The van der Waals surface area contributed by atoms with Crippen molar-refractivity contribution in [2.75, 3.05) is 7.11 Å². The molecule has 0 amide bonds. The third kappa shape index (κ3) is 2.24. The summed E-state index contributed by atoms with van der Waals surface area (Å²) >= 11 is 0. The summed E-state index contributed by atoms with van der Waals surface area (Å²) in [4.78, 5) is 19.5. The highest BCUT2D eigenvalue weighted by molar-refractivity contribution is 5.99. The van der Waals surface area contributed by atoms with E-state index in [4.69, 9.17) is 9.15 Å². The monoisotopic (exact) mass is 296 g/mol. The van der Waals surface area contributed by atoms with Crippen LogP contribution in [0, 0.1) is 0 Å². The molecule has 0 aliphatic carbocycles. The van der Waals surface area contributed by atoms with Gasteiger partial charge in [0.25, 0.3) is 5.88 Å². The van der Waals surface area contributed by atoms with Crippen molar-refractivity contribution in [3.8, 4) is 17.2 Å². The molecule has 3 aromatic rings. The van der Waals surface area contributed by atoms with Gasteiger partial charge >= 0.3 is 0 Å². The lowest BCUT2D eigenvalue weighted by molar-refractivity contribution is 0.112. The number of fused-ring (bicyclic) bond motifs is 1. The van der Waals surface area contributed by atoms with Crippen molar-refractivity contribution in [1.82, 2.24) is 9.97 Å². The van der Waals surface area contributed by atoms with E-state index >= 15 is 0 Å². The van der Waals surface area contributed by atoms with E-state index in [1.807, 2.05) is 12.1 Å². The fraction of sp³-hybridized carbons (Fsp3) is 0.235. The van der Waals surface area contributed by atoms with E-state index in [1.54, 1.807) is 12.4 Å². The first-order valence-corrected chi connectivity index (χ1v) is 7.01. The van der Waals surface area contributed by atoms with Gasteiger partial charge in [0.1, 0.15) is 5.76 Å². The zero-order chi connectivity index (χ0) is 15.7. The average molecular weight is 296 g/mol. The summed E-state index contributed by atoms with van der Waals surface area (Å²) < 4.78 is 11.1. The van der Waals surface area contributed by atoms with Crippen LogP contribution >= 0.6 is 0 Å². The summed E-state index contributed by atoms with van der Waals surface area (Å²) in [6.07, 6.45) is 5.79. The molecule has 0 atom stereocenters. The lowest BCUT2D eigenvalue weighted by atomic mass is 9.98. The first-order valence-electron chi connectivity index (χ1n) is 7.01. The fourth-order valence-electron chi connectivity index (χ4n) is 2.51. The molecule has 0 aliphatic rings. The number of nitrogens with zero attached hydrogens (tertiary/aromatic N) is 2. The Morgan fingerprint density at radius 2 is 2.14 bits per heavy atom. The van der Waals surface area contributed by atoms with Gasteiger partial charge in [0.15, 0.2) is 11.9 Å². The van der Waals surface area contributed by atoms with Gasteiger partial charge in [0, 0.05) is 35.1 Å². The van der Waals surface area contributed by atoms with Gasteiger partial charge in [0.05, 0.1) is 7.11 Å². The minimum Gasteiger partial charge on any atom is -0.478 e. The van der Waals surface area contributed by atoms with Crippen LogP contribution in [-0.4, -0.2) is 23.4 Å². The molecule has 3 aromatic heterocycles. The number of furan rings is 1. The SMILES string of the molecule is COc1ncc(C=O)c2cc(-c3cnccc3C(C)C)oc12. The molecular formula is C17H16N2O3. The van der Waals surface area contributed by atoms with E-state index in [0.717, 1.165) is 17.4 Å². The summed E-state index contributed by atoms with van der Waals surface area (Å²) in [6.45, 7) is 4.22. The van der Waals surface area contributed by atoms with Crippen molar-refractivity contribution >= 4 is 17.3 Å². The number of rotatable bonds is 4. The molecule has 0 unspecified atom stereocenters. The molecule has 5 nitrogen and oxygen atoms in total. The standard InChI is InChI=1S/C17H16N2O3/c1-10(2)12-4-5-18-8-14(12)15-6-13-11(9-20)7-19-17(21-3)16(13)22-15/h4-10H,1-3H3. The predicted octanol–water partition coefficient (Wildman–Crippen LogP) is 3.83. The Bertz CT molecular complexity index is 837. The molecule has 0 aliphatic heterocycles. The highest BCUT2D eigenvalue weighted by atomic mass is 16.5. The number of aldehydes is 1. The van der Waals surface area contributed by atoms with Crippen molar-refractivity contribution in [3.63, 3.8) is 0 Å². The number of hydrogen-bond donors (Lipinski definition) is 0. The Morgan fingerprint density at radius 1 is 1.32 bits per heavy atom. The predicted molar refractivity (Wildman–Crippen MR) is 83.3 cm³/mol. The number of hydrogen-bond acceptors (Lipinski definition) is 5. The molecule has 0 radical (unpaired) electrons. The molecule has 0 saturated heterocycles. The maximum atomic E-state index is 11.2. The second-order valence-corrected chi connectivity index (χ2v) is 5.31. The average Bonchev–Trinajstić information content (AvgIpc) is 2.99. The third-order valence-electron chi connectivity index (χ3n) is 3.62. The first kappa shape index (κ1) is 14.3. The van der Waals surface area contributed by atoms with Gasteiger partial charge in [-0.3, -0.25) is 9.78 Å². The summed E-state index contributed by atoms with van der Waals surface area (Å²) in [5, 5.41) is 0.690. The van der Waals surface area contributed by atoms with E-state index < -0.39 is 0 Å². The molecule has 0 bridgehead atoms. The van der Waals surface area contributed by atoms with Gasteiger partial charge in [-0.25, -0.2) is 4.98 Å². The van der Waals surface area contributed by atoms with Gasteiger partial charge < -0.3 is 9.15 Å². The first-order chi connectivity index (χ1) is 10.7. The second kappa shape index (κ2) is 5.60. The van der Waals surface area contributed by atoms with Gasteiger partial charge in [-0.05, 0) is 23.6 Å². The quantitative estimate of drug-likeness (QED) is 0.684. The Labute approximate surface area is 128 Å². The van der Waals surface area contributed by atoms with Crippen molar-refractivity contribution in [1.29, 1.82) is 0 Å². The lowest BCUT2D eigenvalue weighted by Crippen LogP contribution is -1.92. The number of ether oxygens (including phenoxy) is 1. The highest BCUT2D eigenvalue weighted by Crippen LogP contribution is 2.36. The molecule has 3 heterocycles. The Balaban J connectivity index is 2.27. The molecular weight excluding hydrogens is 280 g/mol. The maximum Gasteiger partial charge on any atom is 0.258 e. The maximum absolute atomic E-state index is 11.2. The van der Waals surface area contributed by atoms with Crippen molar-refractivity contribution in [3.05, 3.63) is 41.9 Å². The number of pyridine rings is 2. The summed E-state index contributed by atoms with van der Waals surface area (Å²) in [5.74, 6) is 1.35. The van der Waals surface area contributed by atoms with Crippen molar-refractivity contribution < 1.29 is 13.9 Å². The topological polar surface area (TPSA) is 65.2 Å². The van der Waals surface area contributed by atoms with Crippen LogP contribution in [0.25, 0.3) is 22.3 Å². The normalized spacial score (nSPS) is 11.1.